The van der Waals surface area contributed by atoms with Crippen LogP contribution in [-0.2, 0) is 11.2 Å². The lowest BCUT2D eigenvalue weighted by molar-refractivity contribution is -0.115. The van der Waals surface area contributed by atoms with Crippen LogP contribution < -0.4 is 11.1 Å². The highest BCUT2D eigenvalue weighted by atomic mass is 16.4. The van der Waals surface area contributed by atoms with Gasteiger partial charge in [-0.05, 0) is 24.1 Å². The molecule has 0 atom stereocenters. The predicted molar refractivity (Wildman–Crippen MR) is 82.5 cm³/mol. The zero-order valence-corrected chi connectivity index (χ0v) is 11.7. The number of hydrogen-bond donors (Lipinski definition) is 3. The van der Waals surface area contributed by atoms with Gasteiger partial charge in [0, 0.05) is 5.56 Å². The third kappa shape index (κ3) is 3.60. The molecule has 0 bridgehead atoms. The van der Waals surface area contributed by atoms with Gasteiger partial charge in [0.05, 0.1) is 12.1 Å². The Kier molecular flexibility index (Phi) is 4.56. The summed E-state index contributed by atoms with van der Waals surface area (Å²) in [7, 11) is 0. The first-order valence-corrected chi connectivity index (χ1v) is 6.53. The molecule has 0 aliphatic carbocycles. The number of nitrogens with one attached hydrogen (secondary N) is 1. The quantitative estimate of drug-likeness (QED) is 0.348. The van der Waals surface area contributed by atoms with Gasteiger partial charge >= 0.3 is 0 Å². The van der Waals surface area contributed by atoms with Gasteiger partial charge in [0.15, 0.2) is 5.84 Å². The topological polar surface area (TPSA) is 87.7 Å². The molecule has 108 valence electrons. The Bertz CT molecular complexity index is 666. The molecular weight excluding hydrogens is 266 g/mol. The van der Waals surface area contributed by atoms with Gasteiger partial charge in [0.2, 0.25) is 5.91 Å². The molecule has 21 heavy (non-hydrogen) atoms. The van der Waals surface area contributed by atoms with Gasteiger partial charge in [0.25, 0.3) is 0 Å². The Morgan fingerprint density at radius 2 is 1.90 bits per heavy atom. The first-order valence-electron chi connectivity index (χ1n) is 6.53. The van der Waals surface area contributed by atoms with E-state index in [-0.39, 0.29) is 18.2 Å². The van der Waals surface area contributed by atoms with Crippen molar-refractivity contribution >= 4 is 17.4 Å². The van der Waals surface area contributed by atoms with Crippen molar-refractivity contribution in [1.29, 1.82) is 0 Å². The van der Waals surface area contributed by atoms with Gasteiger partial charge in [-0.2, -0.15) is 0 Å². The molecule has 5 heteroatoms. The number of benzene rings is 2. The zero-order valence-electron chi connectivity index (χ0n) is 11.7. The third-order valence-electron chi connectivity index (χ3n) is 3.12. The van der Waals surface area contributed by atoms with E-state index in [4.69, 9.17) is 10.9 Å². The van der Waals surface area contributed by atoms with E-state index < -0.39 is 0 Å². The number of anilines is 1. The number of amides is 1. The second-order valence-corrected chi connectivity index (χ2v) is 4.69. The molecule has 0 unspecified atom stereocenters. The highest BCUT2D eigenvalue weighted by molar-refractivity contribution is 6.06. The van der Waals surface area contributed by atoms with Gasteiger partial charge in [-0.15, -0.1) is 0 Å². The summed E-state index contributed by atoms with van der Waals surface area (Å²) in [5.74, 6) is -0.179. The summed E-state index contributed by atoms with van der Waals surface area (Å²) in [6.07, 6.45) is 0.268. The highest BCUT2D eigenvalue weighted by Gasteiger charge is 2.12. The minimum Gasteiger partial charge on any atom is -0.409 e. The number of carbonyl (C=O) groups excluding carboxylic acids is 1. The van der Waals surface area contributed by atoms with Crippen molar-refractivity contribution in [2.24, 2.45) is 10.9 Å². The number of aryl methyl sites for hydroxylation is 1. The van der Waals surface area contributed by atoms with E-state index in [1.807, 2.05) is 49.4 Å². The average molecular weight is 283 g/mol. The van der Waals surface area contributed by atoms with Crippen LogP contribution >= 0.6 is 0 Å². The van der Waals surface area contributed by atoms with Crippen LogP contribution in [0.1, 0.15) is 16.7 Å². The maximum Gasteiger partial charge on any atom is 0.228 e. The molecule has 5 nitrogen and oxygen atoms in total. The van der Waals surface area contributed by atoms with Crippen LogP contribution in [0, 0.1) is 6.92 Å². The second kappa shape index (κ2) is 6.56. The Morgan fingerprint density at radius 1 is 1.19 bits per heavy atom. The van der Waals surface area contributed by atoms with Crippen molar-refractivity contribution in [2.75, 3.05) is 5.32 Å². The summed E-state index contributed by atoms with van der Waals surface area (Å²) in [5, 5.41) is 14.7. The van der Waals surface area contributed by atoms with Crippen molar-refractivity contribution in [1.82, 2.24) is 0 Å². The molecule has 0 spiro atoms. The fraction of sp³-hybridized carbons (Fsp3) is 0.125. The van der Waals surface area contributed by atoms with Crippen molar-refractivity contribution in [2.45, 2.75) is 13.3 Å². The van der Waals surface area contributed by atoms with Crippen LogP contribution in [0.2, 0.25) is 0 Å². The largest absolute Gasteiger partial charge is 0.409 e. The first-order chi connectivity index (χ1) is 10.1. The molecule has 0 aliphatic rings. The fourth-order valence-electron chi connectivity index (χ4n) is 2.14. The number of rotatable bonds is 4. The average Bonchev–Trinajstić information content (AvgIpc) is 2.47. The minimum atomic E-state index is -0.154. The van der Waals surface area contributed by atoms with Crippen LogP contribution in [0.15, 0.2) is 53.7 Å². The Hall–Kier alpha value is -2.82. The summed E-state index contributed by atoms with van der Waals surface area (Å²) in [5.41, 5.74) is 8.48. The summed E-state index contributed by atoms with van der Waals surface area (Å²) < 4.78 is 0. The van der Waals surface area contributed by atoms with Gasteiger partial charge in [-0.25, -0.2) is 0 Å². The van der Waals surface area contributed by atoms with E-state index in [1.54, 1.807) is 6.07 Å². The Morgan fingerprint density at radius 3 is 2.57 bits per heavy atom. The number of amidine groups is 1. The summed E-state index contributed by atoms with van der Waals surface area (Å²) in [6, 6.07) is 14.8. The number of hydrogen-bond acceptors (Lipinski definition) is 3. The van der Waals surface area contributed by atoms with E-state index in [0.29, 0.717) is 11.3 Å². The van der Waals surface area contributed by atoms with Gasteiger partial charge in [0.1, 0.15) is 0 Å². The normalized spacial score (nSPS) is 11.2. The smallest absolute Gasteiger partial charge is 0.228 e. The second-order valence-electron chi connectivity index (χ2n) is 4.69. The summed E-state index contributed by atoms with van der Waals surface area (Å²) in [6.45, 7) is 1.83. The molecule has 0 aliphatic heterocycles. The molecular formula is C16H17N3O2. The number of oxime groups is 1. The molecule has 0 radical (unpaired) electrons. The van der Waals surface area contributed by atoms with Crippen LogP contribution in [0.4, 0.5) is 5.69 Å². The molecule has 2 aromatic rings. The lowest BCUT2D eigenvalue weighted by Crippen LogP contribution is -2.21. The molecule has 2 rings (SSSR count). The van der Waals surface area contributed by atoms with Gasteiger partial charge in [-0.3, -0.25) is 4.79 Å². The predicted octanol–water partition coefficient (Wildman–Crippen LogP) is 2.27. The third-order valence-corrected chi connectivity index (χ3v) is 3.12. The summed E-state index contributed by atoms with van der Waals surface area (Å²) in [4.78, 5) is 12.1. The maximum atomic E-state index is 12.1. The van der Waals surface area contributed by atoms with E-state index >= 15 is 0 Å². The lowest BCUT2D eigenvalue weighted by atomic mass is 10.1. The molecule has 4 N–H and O–H groups in total. The zero-order chi connectivity index (χ0) is 15.2. The van der Waals surface area contributed by atoms with E-state index in [2.05, 4.69) is 10.5 Å². The van der Waals surface area contributed by atoms with Crippen molar-refractivity contribution in [3.8, 4) is 0 Å². The fourth-order valence-corrected chi connectivity index (χ4v) is 2.14. The molecule has 0 saturated carbocycles. The number of nitrogens with zero attached hydrogens (tertiary/aromatic N) is 1. The van der Waals surface area contributed by atoms with Gasteiger partial charge < -0.3 is 16.3 Å². The standard InChI is InChI=1S/C16H17N3O2/c1-11-6-5-9-13(15(11)16(17)19-21)18-14(20)10-12-7-3-2-4-8-12/h2-9,21H,10H2,1H3,(H2,17,19)(H,18,20). The highest BCUT2D eigenvalue weighted by Crippen LogP contribution is 2.19. The van der Waals surface area contributed by atoms with E-state index in [0.717, 1.165) is 11.1 Å². The molecule has 1 amide bonds. The first kappa shape index (κ1) is 14.6. The number of nitrogens with two attached hydrogens (primary N) is 1. The van der Waals surface area contributed by atoms with Crippen LogP contribution in [0.3, 0.4) is 0 Å². The molecule has 2 aromatic carbocycles. The molecule has 0 fully saturated rings. The maximum absolute atomic E-state index is 12.1. The van der Waals surface area contributed by atoms with Crippen molar-refractivity contribution in [3.63, 3.8) is 0 Å². The summed E-state index contributed by atoms with van der Waals surface area (Å²) >= 11 is 0. The van der Waals surface area contributed by atoms with Crippen LogP contribution in [0.5, 0.6) is 0 Å². The van der Waals surface area contributed by atoms with Crippen LogP contribution in [0.25, 0.3) is 0 Å². The molecule has 0 heterocycles. The molecule has 0 aromatic heterocycles. The van der Waals surface area contributed by atoms with E-state index in [1.165, 1.54) is 0 Å². The minimum absolute atomic E-state index is 0.0249. The number of carbonyl (C=O) groups is 1. The van der Waals surface area contributed by atoms with E-state index in [9.17, 15) is 4.79 Å². The lowest BCUT2D eigenvalue weighted by Gasteiger charge is -2.12. The van der Waals surface area contributed by atoms with Crippen molar-refractivity contribution < 1.29 is 10.0 Å². The Labute approximate surface area is 123 Å². The monoisotopic (exact) mass is 283 g/mol. The van der Waals surface area contributed by atoms with Gasteiger partial charge in [-0.1, -0.05) is 47.6 Å². The van der Waals surface area contributed by atoms with Crippen LogP contribution in [-0.4, -0.2) is 17.0 Å². The molecule has 0 saturated heterocycles. The van der Waals surface area contributed by atoms with Crippen molar-refractivity contribution in [3.05, 3.63) is 65.2 Å². The SMILES string of the molecule is Cc1cccc(NC(=O)Cc2ccccc2)c1/C(N)=N/O. The Balaban J connectivity index is 2.20.